The first kappa shape index (κ1) is 19.2. The van der Waals surface area contributed by atoms with Crippen LogP contribution in [0.15, 0.2) is 30.3 Å². The lowest BCUT2D eigenvalue weighted by atomic mass is 10.1. The van der Waals surface area contributed by atoms with Gasteiger partial charge in [-0.05, 0) is 37.6 Å². The topological polar surface area (TPSA) is 84.2 Å². The van der Waals surface area contributed by atoms with Crippen LogP contribution >= 0.6 is 23.7 Å². The number of para-hydroxylation sites is 1. The maximum absolute atomic E-state index is 12.3. The van der Waals surface area contributed by atoms with Crippen LogP contribution in [0, 0.1) is 13.8 Å². The van der Waals surface area contributed by atoms with Gasteiger partial charge in [0.1, 0.15) is 0 Å². The van der Waals surface area contributed by atoms with E-state index in [2.05, 4.69) is 10.6 Å². The summed E-state index contributed by atoms with van der Waals surface area (Å²) in [6, 6.07) is 8.77. The highest BCUT2D eigenvalue weighted by atomic mass is 35.5. The van der Waals surface area contributed by atoms with Crippen LogP contribution in [-0.4, -0.2) is 24.9 Å². The SMILES string of the molecule is Cc1cc(C(=O)Nc2ccccc2C(=O)NCCN)sc1C.Cl. The number of anilines is 1. The summed E-state index contributed by atoms with van der Waals surface area (Å²) in [5.74, 6) is -0.458. The Bertz CT molecular complexity index is 681. The lowest BCUT2D eigenvalue weighted by molar-refractivity contribution is 0.0955. The second-order valence-electron chi connectivity index (χ2n) is 4.89. The fourth-order valence-corrected chi connectivity index (χ4v) is 2.87. The van der Waals surface area contributed by atoms with Crippen molar-refractivity contribution in [3.63, 3.8) is 0 Å². The molecule has 124 valence electrons. The molecule has 0 aliphatic rings. The van der Waals surface area contributed by atoms with Gasteiger partial charge >= 0.3 is 0 Å². The molecular weight excluding hydrogens is 334 g/mol. The minimum atomic E-state index is -0.250. The molecule has 2 aromatic rings. The van der Waals surface area contributed by atoms with Crippen LogP contribution in [0.5, 0.6) is 0 Å². The third kappa shape index (κ3) is 4.79. The Morgan fingerprint density at radius 3 is 2.48 bits per heavy atom. The fourth-order valence-electron chi connectivity index (χ4n) is 1.94. The van der Waals surface area contributed by atoms with Crippen molar-refractivity contribution in [2.45, 2.75) is 13.8 Å². The molecule has 4 N–H and O–H groups in total. The van der Waals surface area contributed by atoms with Gasteiger partial charge in [-0.25, -0.2) is 0 Å². The molecular formula is C16H20ClN3O2S. The standard InChI is InChI=1S/C16H19N3O2S.ClH/c1-10-9-14(22-11(10)2)16(21)19-13-6-4-3-5-12(13)15(20)18-8-7-17;/h3-6,9H,7-8,17H2,1-2H3,(H,18,20)(H,19,21);1H. The summed E-state index contributed by atoms with van der Waals surface area (Å²) in [6.45, 7) is 4.71. The number of hydrogen-bond donors (Lipinski definition) is 3. The van der Waals surface area contributed by atoms with Crippen molar-refractivity contribution in [3.05, 3.63) is 51.2 Å². The number of halogens is 1. The quantitative estimate of drug-likeness (QED) is 0.772. The third-order valence-electron chi connectivity index (χ3n) is 3.24. The highest BCUT2D eigenvalue weighted by Crippen LogP contribution is 2.23. The molecule has 1 aromatic carbocycles. The molecule has 0 saturated heterocycles. The van der Waals surface area contributed by atoms with Gasteiger partial charge in [0, 0.05) is 18.0 Å². The molecule has 1 aromatic heterocycles. The third-order valence-corrected chi connectivity index (χ3v) is 4.39. The Balaban J connectivity index is 0.00000264. The van der Waals surface area contributed by atoms with Crippen LogP contribution in [0.1, 0.15) is 30.5 Å². The van der Waals surface area contributed by atoms with Crippen molar-refractivity contribution in [1.29, 1.82) is 0 Å². The number of carbonyl (C=O) groups is 2. The van der Waals surface area contributed by atoms with Gasteiger partial charge in [-0.2, -0.15) is 0 Å². The molecule has 0 unspecified atom stereocenters. The molecule has 0 fully saturated rings. The molecule has 0 aliphatic heterocycles. The highest BCUT2D eigenvalue weighted by molar-refractivity contribution is 7.14. The van der Waals surface area contributed by atoms with Gasteiger partial charge in [0.2, 0.25) is 0 Å². The van der Waals surface area contributed by atoms with Gasteiger partial charge in [0.05, 0.1) is 16.1 Å². The molecule has 2 rings (SSSR count). The molecule has 0 radical (unpaired) electrons. The summed E-state index contributed by atoms with van der Waals surface area (Å²) >= 11 is 1.44. The molecule has 0 aliphatic carbocycles. The normalized spacial score (nSPS) is 9.87. The Hall–Kier alpha value is -1.89. The van der Waals surface area contributed by atoms with Crippen molar-refractivity contribution in [3.8, 4) is 0 Å². The summed E-state index contributed by atoms with van der Waals surface area (Å²) in [4.78, 5) is 26.1. The Morgan fingerprint density at radius 2 is 1.87 bits per heavy atom. The van der Waals surface area contributed by atoms with Gasteiger partial charge < -0.3 is 16.4 Å². The number of thiophene rings is 1. The van der Waals surface area contributed by atoms with E-state index < -0.39 is 0 Å². The molecule has 7 heteroatoms. The van der Waals surface area contributed by atoms with Gasteiger partial charge in [-0.15, -0.1) is 23.7 Å². The monoisotopic (exact) mass is 353 g/mol. The van der Waals surface area contributed by atoms with Crippen LogP contribution in [0.2, 0.25) is 0 Å². The summed E-state index contributed by atoms with van der Waals surface area (Å²) in [6.07, 6.45) is 0. The van der Waals surface area contributed by atoms with Crippen molar-refractivity contribution in [1.82, 2.24) is 5.32 Å². The first-order valence-electron chi connectivity index (χ1n) is 6.98. The zero-order valence-electron chi connectivity index (χ0n) is 13.0. The number of nitrogens with one attached hydrogen (secondary N) is 2. The minimum Gasteiger partial charge on any atom is -0.351 e. The second kappa shape index (κ2) is 8.67. The maximum atomic E-state index is 12.3. The average molecular weight is 354 g/mol. The first-order valence-corrected chi connectivity index (χ1v) is 7.80. The summed E-state index contributed by atoms with van der Waals surface area (Å²) in [5.41, 5.74) is 7.39. The van der Waals surface area contributed by atoms with E-state index in [0.29, 0.717) is 29.2 Å². The van der Waals surface area contributed by atoms with Crippen molar-refractivity contribution in [2.24, 2.45) is 5.73 Å². The fraction of sp³-hybridized carbons (Fsp3) is 0.250. The number of benzene rings is 1. The predicted octanol–water partition coefficient (Wildman–Crippen LogP) is 2.73. The number of hydrogen-bond acceptors (Lipinski definition) is 4. The molecule has 23 heavy (non-hydrogen) atoms. The number of carbonyl (C=O) groups excluding carboxylic acids is 2. The van der Waals surface area contributed by atoms with E-state index in [9.17, 15) is 9.59 Å². The Labute approximate surface area is 145 Å². The van der Waals surface area contributed by atoms with E-state index in [1.165, 1.54) is 11.3 Å². The molecule has 0 spiro atoms. The number of aryl methyl sites for hydroxylation is 2. The van der Waals surface area contributed by atoms with Gasteiger partial charge in [0.15, 0.2) is 0 Å². The summed E-state index contributed by atoms with van der Waals surface area (Å²) in [7, 11) is 0. The van der Waals surface area contributed by atoms with Crippen LogP contribution in [0.3, 0.4) is 0 Å². The van der Waals surface area contributed by atoms with Crippen molar-refractivity contribution < 1.29 is 9.59 Å². The average Bonchev–Trinajstić information content (AvgIpc) is 2.85. The van der Waals surface area contributed by atoms with E-state index in [1.807, 2.05) is 19.9 Å². The van der Waals surface area contributed by atoms with Gasteiger partial charge in [0.25, 0.3) is 11.8 Å². The Kier molecular flexibility index (Phi) is 7.22. The van der Waals surface area contributed by atoms with Crippen LogP contribution in [0.4, 0.5) is 5.69 Å². The molecule has 0 atom stereocenters. The summed E-state index contributed by atoms with van der Waals surface area (Å²) in [5, 5.41) is 5.51. The zero-order chi connectivity index (χ0) is 16.1. The molecule has 2 amide bonds. The van der Waals surface area contributed by atoms with E-state index in [4.69, 9.17) is 5.73 Å². The van der Waals surface area contributed by atoms with Gasteiger partial charge in [-0.1, -0.05) is 12.1 Å². The minimum absolute atomic E-state index is 0. The highest BCUT2D eigenvalue weighted by Gasteiger charge is 2.15. The second-order valence-corrected chi connectivity index (χ2v) is 6.15. The van der Waals surface area contributed by atoms with Crippen LogP contribution in [-0.2, 0) is 0 Å². The van der Waals surface area contributed by atoms with E-state index >= 15 is 0 Å². The van der Waals surface area contributed by atoms with Crippen LogP contribution < -0.4 is 16.4 Å². The Morgan fingerprint density at radius 1 is 1.17 bits per heavy atom. The maximum Gasteiger partial charge on any atom is 0.265 e. The lowest BCUT2D eigenvalue weighted by Gasteiger charge is -2.10. The number of rotatable bonds is 5. The smallest absolute Gasteiger partial charge is 0.265 e. The summed E-state index contributed by atoms with van der Waals surface area (Å²) < 4.78 is 0. The lowest BCUT2D eigenvalue weighted by Crippen LogP contribution is -2.29. The molecule has 1 heterocycles. The van der Waals surface area contributed by atoms with E-state index in [1.54, 1.807) is 24.3 Å². The zero-order valence-corrected chi connectivity index (χ0v) is 14.6. The predicted molar refractivity (Wildman–Crippen MR) is 96.8 cm³/mol. The largest absolute Gasteiger partial charge is 0.351 e. The van der Waals surface area contributed by atoms with Crippen molar-refractivity contribution >= 4 is 41.2 Å². The molecule has 0 bridgehead atoms. The number of nitrogens with two attached hydrogens (primary N) is 1. The van der Waals surface area contributed by atoms with Gasteiger partial charge in [-0.3, -0.25) is 9.59 Å². The molecule has 5 nitrogen and oxygen atoms in total. The number of amides is 2. The van der Waals surface area contributed by atoms with Crippen molar-refractivity contribution in [2.75, 3.05) is 18.4 Å². The van der Waals surface area contributed by atoms with E-state index in [0.717, 1.165) is 10.4 Å². The van der Waals surface area contributed by atoms with Crippen LogP contribution in [0.25, 0.3) is 0 Å². The van der Waals surface area contributed by atoms with E-state index in [-0.39, 0.29) is 24.2 Å². The first-order chi connectivity index (χ1) is 10.5. The molecule has 0 saturated carbocycles.